The number of pyridine rings is 1. The van der Waals surface area contributed by atoms with E-state index in [0.29, 0.717) is 5.88 Å². The van der Waals surface area contributed by atoms with Gasteiger partial charge in [0.1, 0.15) is 11.5 Å². The molecule has 0 fully saturated rings. The van der Waals surface area contributed by atoms with Crippen molar-refractivity contribution in [1.82, 2.24) is 10.3 Å². The summed E-state index contributed by atoms with van der Waals surface area (Å²) in [6.45, 7) is 0.801. The lowest BCUT2D eigenvalue weighted by Gasteiger charge is -2.06. The molecule has 1 aromatic heterocycles. The van der Waals surface area contributed by atoms with Crippen molar-refractivity contribution >= 4 is 0 Å². The molecule has 0 atom stereocenters. The number of benzene rings is 1. The average Bonchev–Trinajstić information content (AvgIpc) is 2.42. The molecule has 0 aliphatic carbocycles. The summed E-state index contributed by atoms with van der Waals surface area (Å²) < 4.78 is 10.7. The molecule has 2 aromatic rings. The molecular weight excluding hydrogens is 228 g/mol. The molecule has 0 bridgehead atoms. The van der Waals surface area contributed by atoms with Crippen LogP contribution in [0.3, 0.4) is 0 Å². The van der Waals surface area contributed by atoms with Crippen molar-refractivity contribution in [2.75, 3.05) is 14.2 Å². The number of rotatable bonds is 5. The van der Waals surface area contributed by atoms with Gasteiger partial charge in [-0.25, -0.2) is 4.98 Å². The lowest BCUT2D eigenvalue weighted by Crippen LogP contribution is -2.05. The first kappa shape index (κ1) is 12.4. The van der Waals surface area contributed by atoms with E-state index in [2.05, 4.69) is 10.3 Å². The maximum atomic E-state index is 5.62. The Labute approximate surface area is 107 Å². The van der Waals surface area contributed by atoms with Gasteiger partial charge in [-0.05, 0) is 36.9 Å². The predicted octanol–water partition coefficient (Wildman–Crippen LogP) is 2.60. The predicted molar refractivity (Wildman–Crippen MR) is 70.1 cm³/mol. The Morgan fingerprint density at radius 1 is 1.06 bits per heavy atom. The summed E-state index contributed by atoms with van der Waals surface area (Å²) in [7, 11) is 3.54. The van der Waals surface area contributed by atoms with Crippen LogP contribution in [-0.2, 0) is 6.54 Å². The molecule has 0 radical (unpaired) electrons. The van der Waals surface area contributed by atoms with Crippen LogP contribution in [0.25, 0.3) is 0 Å². The van der Waals surface area contributed by atoms with Crippen molar-refractivity contribution in [3.63, 3.8) is 0 Å². The molecule has 94 valence electrons. The number of methoxy groups -OCH3 is 1. The summed E-state index contributed by atoms with van der Waals surface area (Å²) in [6.07, 6.45) is 1.80. The zero-order chi connectivity index (χ0) is 12.8. The van der Waals surface area contributed by atoms with Crippen molar-refractivity contribution < 1.29 is 9.47 Å². The number of nitrogens with one attached hydrogen (secondary N) is 1. The summed E-state index contributed by atoms with van der Waals surface area (Å²) in [4.78, 5) is 4.24. The third-order valence-electron chi connectivity index (χ3n) is 2.46. The van der Waals surface area contributed by atoms with Crippen LogP contribution in [0.1, 0.15) is 5.56 Å². The summed E-state index contributed by atoms with van der Waals surface area (Å²) in [5, 5.41) is 3.07. The van der Waals surface area contributed by atoms with Gasteiger partial charge >= 0.3 is 0 Å². The molecule has 4 nitrogen and oxygen atoms in total. The quantitative estimate of drug-likeness (QED) is 0.878. The lowest BCUT2D eigenvalue weighted by atomic mass is 10.3. The summed E-state index contributed by atoms with van der Waals surface area (Å²) in [5.74, 6) is 2.13. The molecule has 18 heavy (non-hydrogen) atoms. The third kappa shape index (κ3) is 3.21. The highest BCUT2D eigenvalue weighted by Crippen LogP contribution is 2.22. The SMILES string of the molecule is CNCc1ccc(Oc2ccc(OC)cc2)nc1. The highest BCUT2D eigenvalue weighted by molar-refractivity contribution is 5.33. The van der Waals surface area contributed by atoms with E-state index >= 15 is 0 Å². The van der Waals surface area contributed by atoms with E-state index < -0.39 is 0 Å². The van der Waals surface area contributed by atoms with E-state index in [4.69, 9.17) is 9.47 Å². The Morgan fingerprint density at radius 3 is 2.33 bits per heavy atom. The van der Waals surface area contributed by atoms with Gasteiger partial charge in [0.2, 0.25) is 5.88 Å². The van der Waals surface area contributed by atoms with Gasteiger partial charge in [0.25, 0.3) is 0 Å². The van der Waals surface area contributed by atoms with Crippen molar-refractivity contribution in [1.29, 1.82) is 0 Å². The first-order chi connectivity index (χ1) is 8.81. The van der Waals surface area contributed by atoms with E-state index in [9.17, 15) is 0 Å². The smallest absolute Gasteiger partial charge is 0.219 e. The van der Waals surface area contributed by atoms with Gasteiger partial charge in [0, 0.05) is 18.8 Å². The summed E-state index contributed by atoms with van der Waals surface area (Å²) in [5.41, 5.74) is 1.12. The second-order valence-corrected chi connectivity index (χ2v) is 3.81. The molecule has 0 saturated carbocycles. The molecule has 0 amide bonds. The minimum atomic E-state index is 0.583. The van der Waals surface area contributed by atoms with Crippen LogP contribution in [-0.4, -0.2) is 19.1 Å². The molecule has 0 aliphatic rings. The highest BCUT2D eigenvalue weighted by atomic mass is 16.5. The third-order valence-corrected chi connectivity index (χ3v) is 2.46. The minimum Gasteiger partial charge on any atom is -0.497 e. The Kier molecular flexibility index (Phi) is 4.15. The Hall–Kier alpha value is -2.07. The molecule has 4 heteroatoms. The van der Waals surface area contributed by atoms with Gasteiger partial charge in [-0.15, -0.1) is 0 Å². The second kappa shape index (κ2) is 6.02. The summed E-state index contributed by atoms with van der Waals surface area (Å²) >= 11 is 0. The van der Waals surface area contributed by atoms with Crippen LogP contribution in [0.4, 0.5) is 0 Å². The zero-order valence-corrected chi connectivity index (χ0v) is 10.5. The topological polar surface area (TPSA) is 43.4 Å². The van der Waals surface area contributed by atoms with Crippen molar-refractivity contribution in [3.8, 4) is 17.4 Å². The molecule has 0 unspecified atom stereocenters. The van der Waals surface area contributed by atoms with Gasteiger partial charge in [-0.1, -0.05) is 6.07 Å². The molecule has 0 saturated heterocycles. The first-order valence-corrected chi connectivity index (χ1v) is 5.73. The molecular formula is C14H16N2O2. The van der Waals surface area contributed by atoms with E-state index in [-0.39, 0.29) is 0 Å². The first-order valence-electron chi connectivity index (χ1n) is 5.73. The summed E-state index contributed by atoms with van der Waals surface area (Å²) in [6, 6.07) is 11.2. The van der Waals surface area contributed by atoms with Crippen molar-refractivity contribution in [2.45, 2.75) is 6.54 Å². The van der Waals surface area contributed by atoms with Gasteiger partial charge in [0.15, 0.2) is 0 Å². The lowest BCUT2D eigenvalue weighted by molar-refractivity contribution is 0.412. The highest BCUT2D eigenvalue weighted by Gasteiger charge is 1.99. The molecule has 1 heterocycles. The fourth-order valence-corrected chi connectivity index (χ4v) is 1.54. The standard InChI is InChI=1S/C14H16N2O2/c1-15-9-11-3-8-14(16-10-11)18-13-6-4-12(17-2)5-7-13/h3-8,10,15H,9H2,1-2H3. The Bertz CT molecular complexity index is 480. The Balaban J connectivity index is 2.03. The second-order valence-electron chi connectivity index (χ2n) is 3.81. The molecule has 0 aliphatic heterocycles. The fraction of sp³-hybridized carbons (Fsp3) is 0.214. The Morgan fingerprint density at radius 2 is 1.78 bits per heavy atom. The minimum absolute atomic E-state index is 0.583. The fourth-order valence-electron chi connectivity index (χ4n) is 1.54. The number of hydrogen-bond donors (Lipinski definition) is 1. The van der Waals surface area contributed by atoms with Crippen molar-refractivity contribution in [2.24, 2.45) is 0 Å². The molecule has 1 N–H and O–H groups in total. The van der Waals surface area contributed by atoms with Crippen LogP contribution >= 0.6 is 0 Å². The van der Waals surface area contributed by atoms with Crippen LogP contribution < -0.4 is 14.8 Å². The van der Waals surface area contributed by atoms with Gasteiger partial charge < -0.3 is 14.8 Å². The maximum Gasteiger partial charge on any atom is 0.219 e. The monoisotopic (exact) mass is 244 g/mol. The average molecular weight is 244 g/mol. The molecule has 0 spiro atoms. The van der Waals surface area contributed by atoms with E-state index in [1.165, 1.54) is 0 Å². The van der Waals surface area contributed by atoms with Crippen LogP contribution in [0, 0.1) is 0 Å². The zero-order valence-electron chi connectivity index (χ0n) is 10.5. The van der Waals surface area contributed by atoms with Crippen molar-refractivity contribution in [3.05, 3.63) is 48.2 Å². The van der Waals surface area contributed by atoms with E-state index in [0.717, 1.165) is 23.6 Å². The number of ether oxygens (including phenoxy) is 2. The molecule has 2 rings (SSSR count). The number of hydrogen-bond acceptors (Lipinski definition) is 4. The normalized spacial score (nSPS) is 10.1. The van der Waals surface area contributed by atoms with Crippen LogP contribution in [0.5, 0.6) is 17.4 Å². The number of nitrogens with zero attached hydrogens (tertiary/aromatic N) is 1. The van der Waals surface area contributed by atoms with Crippen LogP contribution in [0.15, 0.2) is 42.6 Å². The number of aromatic nitrogens is 1. The maximum absolute atomic E-state index is 5.62. The van der Waals surface area contributed by atoms with Gasteiger partial charge in [0.05, 0.1) is 7.11 Å². The van der Waals surface area contributed by atoms with E-state index in [1.807, 2.05) is 43.4 Å². The van der Waals surface area contributed by atoms with E-state index in [1.54, 1.807) is 13.3 Å². The largest absolute Gasteiger partial charge is 0.497 e. The van der Waals surface area contributed by atoms with Gasteiger partial charge in [-0.2, -0.15) is 0 Å². The van der Waals surface area contributed by atoms with Crippen LogP contribution in [0.2, 0.25) is 0 Å². The molecule has 1 aromatic carbocycles. The van der Waals surface area contributed by atoms with Gasteiger partial charge in [-0.3, -0.25) is 0 Å².